The summed E-state index contributed by atoms with van der Waals surface area (Å²) in [6.07, 6.45) is 1.37. The second kappa shape index (κ2) is 10.1. The highest BCUT2D eigenvalue weighted by atomic mass is 16.5. The summed E-state index contributed by atoms with van der Waals surface area (Å²) in [5.41, 5.74) is -0.199. The van der Waals surface area contributed by atoms with E-state index < -0.39 is 29.7 Å². The van der Waals surface area contributed by atoms with Crippen molar-refractivity contribution in [1.82, 2.24) is 10.2 Å². The van der Waals surface area contributed by atoms with Gasteiger partial charge in [-0.25, -0.2) is 0 Å². The van der Waals surface area contributed by atoms with Crippen LogP contribution in [0.1, 0.15) is 47.2 Å². The lowest BCUT2D eigenvalue weighted by Crippen LogP contribution is -2.62. The maximum atomic E-state index is 12.9. The summed E-state index contributed by atoms with van der Waals surface area (Å²) in [7, 11) is 4.29. The van der Waals surface area contributed by atoms with Crippen LogP contribution in [0, 0.1) is 11.8 Å². The fraction of sp³-hybridized carbons (Fsp3) is 0.348. The summed E-state index contributed by atoms with van der Waals surface area (Å²) >= 11 is 0. The number of carbonyl (C=O) groups excluding carboxylic acids is 3. The fourth-order valence-electron chi connectivity index (χ4n) is 2.85. The molecule has 0 saturated heterocycles. The first-order chi connectivity index (χ1) is 14.7. The van der Waals surface area contributed by atoms with Crippen molar-refractivity contribution in [2.45, 2.75) is 25.5 Å². The molecule has 0 aliphatic carbocycles. The smallest absolute Gasteiger partial charge is 0.254 e. The molecule has 2 N–H and O–H groups in total. The SMILES string of the molecule is CNC(=O)[C@@](C)(C(=O)CO)N(C)C(=O)c1ccc(C#Cc2coc(C(C)OC)c2)cc1. The molecule has 2 rings (SSSR count). The van der Waals surface area contributed by atoms with Crippen LogP contribution in [0.25, 0.3) is 0 Å². The number of nitrogens with zero attached hydrogens (tertiary/aromatic N) is 1. The van der Waals surface area contributed by atoms with E-state index in [1.165, 1.54) is 21.0 Å². The topological polar surface area (TPSA) is 109 Å². The van der Waals surface area contributed by atoms with Crippen LogP contribution < -0.4 is 5.32 Å². The standard InChI is InChI=1S/C23H26N2O6/c1-15(30-5)19-12-17(14-31-19)7-6-16-8-10-18(11-9-16)21(28)25(4)23(2,20(27)13-26)22(29)24-3/h8-12,14-15,26H,13H2,1-5H3,(H,24,29)/t15?,23-/m1/s1. The van der Waals surface area contributed by atoms with Crippen LogP contribution >= 0.6 is 0 Å². The monoisotopic (exact) mass is 426 g/mol. The molecule has 8 heteroatoms. The summed E-state index contributed by atoms with van der Waals surface area (Å²) in [6.45, 7) is 2.30. The Hall–Kier alpha value is -3.41. The molecule has 0 radical (unpaired) electrons. The third-order valence-corrected chi connectivity index (χ3v) is 5.19. The molecule has 0 saturated carbocycles. The van der Waals surface area contributed by atoms with Gasteiger partial charge in [0, 0.05) is 32.3 Å². The van der Waals surface area contributed by atoms with Crippen molar-refractivity contribution in [3.8, 4) is 11.8 Å². The molecule has 2 amide bonds. The van der Waals surface area contributed by atoms with Crippen molar-refractivity contribution in [1.29, 1.82) is 0 Å². The minimum atomic E-state index is -1.84. The van der Waals surface area contributed by atoms with Crippen molar-refractivity contribution in [3.63, 3.8) is 0 Å². The molecule has 0 aliphatic heterocycles. The number of hydrogen-bond acceptors (Lipinski definition) is 6. The zero-order valence-corrected chi connectivity index (χ0v) is 18.2. The number of carbonyl (C=O) groups is 3. The molecule has 0 bridgehead atoms. The second-order valence-electron chi connectivity index (χ2n) is 7.04. The molecule has 1 aromatic carbocycles. The highest BCUT2D eigenvalue weighted by molar-refractivity contribution is 6.14. The number of aliphatic hydroxyl groups excluding tert-OH is 1. The number of rotatable bonds is 7. The number of furan rings is 1. The molecule has 8 nitrogen and oxygen atoms in total. The summed E-state index contributed by atoms with van der Waals surface area (Å²) in [5.74, 6) is 4.63. The van der Waals surface area contributed by atoms with Gasteiger partial charge < -0.3 is 24.5 Å². The van der Waals surface area contributed by atoms with Gasteiger partial charge >= 0.3 is 0 Å². The zero-order valence-electron chi connectivity index (χ0n) is 18.2. The number of benzene rings is 1. The van der Waals surface area contributed by atoms with E-state index in [0.29, 0.717) is 16.9 Å². The number of likely N-dealkylation sites (N-methyl/N-ethyl adjacent to an activating group) is 2. The van der Waals surface area contributed by atoms with E-state index in [2.05, 4.69) is 17.2 Å². The quantitative estimate of drug-likeness (QED) is 0.513. The molecular weight excluding hydrogens is 400 g/mol. The van der Waals surface area contributed by atoms with Gasteiger partial charge in [0.15, 0.2) is 11.3 Å². The number of ketones is 1. The van der Waals surface area contributed by atoms with Crippen LogP contribution in [-0.2, 0) is 14.3 Å². The molecule has 2 aromatic rings. The zero-order chi connectivity index (χ0) is 23.2. The van der Waals surface area contributed by atoms with Gasteiger partial charge in [-0.3, -0.25) is 14.4 Å². The lowest BCUT2D eigenvalue weighted by atomic mass is 9.92. The first-order valence-corrected chi connectivity index (χ1v) is 9.56. The molecular formula is C23H26N2O6. The molecule has 1 heterocycles. The van der Waals surface area contributed by atoms with Crippen molar-refractivity contribution in [2.75, 3.05) is 27.8 Å². The Kier molecular flexibility index (Phi) is 7.75. The number of amides is 2. The Labute approximate surface area is 181 Å². The molecule has 0 spiro atoms. The predicted molar refractivity (Wildman–Crippen MR) is 113 cm³/mol. The number of aliphatic hydroxyl groups is 1. The molecule has 31 heavy (non-hydrogen) atoms. The Bertz CT molecular complexity index is 997. The second-order valence-corrected chi connectivity index (χ2v) is 7.04. The summed E-state index contributed by atoms with van der Waals surface area (Å²) < 4.78 is 10.6. The van der Waals surface area contributed by atoms with E-state index in [9.17, 15) is 19.5 Å². The molecule has 1 aromatic heterocycles. The van der Waals surface area contributed by atoms with Gasteiger partial charge in [0.25, 0.3) is 11.8 Å². The van der Waals surface area contributed by atoms with Gasteiger partial charge in [0.1, 0.15) is 24.7 Å². The number of nitrogens with one attached hydrogen (secondary N) is 1. The Morgan fingerprint density at radius 3 is 2.39 bits per heavy atom. The van der Waals surface area contributed by atoms with Crippen LogP contribution in [0.15, 0.2) is 41.0 Å². The van der Waals surface area contributed by atoms with Crippen LogP contribution in [-0.4, -0.2) is 61.0 Å². The van der Waals surface area contributed by atoms with Gasteiger partial charge in [-0.2, -0.15) is 0 Å². The molecule has 1 unspecified atom stereocenters. The Morgan fingerprint density at radius 1 is 1.23 bits per heavy atom. The molecule has 0 aliphatic rings. The van der Waals surface area contributed by atoms with E-state index in [0.717, 1.165) is 4.90 Å². The van der Waals surface area contributed by atoms with Crippen molar-refractivity contribution in [3.05, 3.63) is 59.0 Å². The first kappa shape index (κ1) is 23.9. The Balaban J connectivity index is 2.21. The lowest BCUT2D eigenvalue weighted by molar-refractivity contribution is -0.143. The minimum Gasteiger partial charge on any atom is -0.465 e. The van der Waals surface area contributed by atoms with Gasteiger partial charge in [-0.1, -0.05) is 11.8 Å². The summed E-state index contributed by atoms with van der Waals surface area (Å²) in [4.78, 5) is 38.4. The van der Waals surface area contributed by atoms with Gasteiger partial charge in [0.2, 0.25) is 0 Å². The average molecular weight is 426 g/mol. The van der Waals surface area contributed by atoms with Gasteiger partial charge in [-0.05, 0) is 44.2 Å². The molecule has 0 fully saturated rings. The van der Waals surface area contributed by atoms with Crippen molar-refractivity contribution in [2.24, 2.45) is 0 Å². The highest BCUT2D eigenvalue weighted by Crippen LogP contribution is 2.20. The van der Waals surface area contributed by atoms with Crippen molar-refractivity contribution >= 4 is 17.6 Å². The van der Waals surface area contributed by atoms with Gasteiger partial charge in [-0.15, -0.1) is 0 Å². The van der Waals surface area contributed by atoms with Gasteiger partial charge in [0.05, 0.1) is 5.56 Å². The summed E-state index contributed by atoms with van der Waals surface area (Å²) in [5, 5.41) is 11.6. The van der Waals surface area contributed by atoms with Crippen LogP contribution in [0.4, 0.5) is 0 Å². The van der Waals surface area contributed by atoms with E-state index in [4.69, 9.17) is 9.15 Å². The lowest BCUT2D eigenvalue weighted by Gasteiger charge is -2.35. The van der Waals surface area contributed by atoms with Crippen LogP contribution in [0.5, 0.6) is 0 Å². The predicted octanol–water partition coefficient (Wildman–Crippen LogP) is 1.52. The Morgan fingerprint density at radius 2 is 1.84 bits per heavy atom. The third-order valence-electron chi connectivity index (χ3n) is 5.19. The fourth-order valence-corrected chi connectivity index (χ4v) is 2.85. The number of Topliss-reactive ketones (excluding diaryl/α,β-unsaturated/α-hetero) is 1. The average Bonchev–Trinajstić information content (AvgIpc) is 3.28. The highest BCUT2D eigenvalue weighted by Gasteiger charge is 2.46. The number of ether oxygens (including phenoxy) is 1. The van der Waals surface area contributed by atoms with Crippen LogP contribution in [0.3, 0.4) is 0 Å². The number of hydrogen-bond donors (Lipinski definition) is 2. The first-order valence-electron chi connectivity index (χ1n) is 9.56. The minimum absolute atomic E-state index is 0.170. The van der Waals surface area contributed by atoms with E-state index in [1.807, 2.05) is 6.92 Å². The summed E-state index contributed by atoms with van der Waals surface area (Å²) in [6, 6.07) is 8.25. The largest absolute Gasteiger partial charge is 0.465 e. The molecule has 2 atom stereocenters. The van der Waals surface area contributed by atoms with Crippen molar-refractivity contribution < 1.29 is 28.6 Å². The maximum Gasteiger partial charge on any atom is 0.254 e. The van der Waals surface area contributed by atoms with E-state index >= 15 is 0 Å². The number of methoxy groups -OCH3 is 1. The molecule has 164 valence electrons. The van der Waals surface area contributed by atoms with E-state index in [1.54, 1.807) is 43.7 Å². The normalized spacial score (nSPS) is 13.4. The maximum absolute atomic E-state index is 12.9. The third kappa shape index (κ3) is 5.02. The van der Waals surface area contributed by atoms with Crippen LogP contribution in [0.2, 0.25) is 0 Å². The van der Waals surface area contributed by atoms with E-state index in [-0.39, 0.29) is 11.7 Å².